The molecule has 0 atom stereocenters. The van der Waals surface area contributed by atoms with Crippen molar-refractivity contribution in [2.24, 2.45) is 5.10 Å². The number of fused-ring (bicyclic) bond motifs is 1. The van der Waals surface area contributed by atoms with Crippen LogP contribution in [0.5, 0.6) is 11.5 Å². The third-order valence-corrected chi connectivity index (χ3v) is 3.39. The second kappa shape index (κ2) is 5.92. The first-order chi connectivity index (χ1) is 11.8. The van der Waals surface area contributed by atoms with E-state index < -0.39 is 5.91 Å². The van der Waals surface area contributed by atoms with Crippen molar-refractivity contribution in [3.8, 4) is 22.8 Å². The summed E-state index contributed by atoms with van der Waals surface area (Å²) in [5.41, 5.74) is 4.12. The summed E-state index contributed by atoms with van der Waals surface area (Å²) in [6, 6.07) is 10.6. The van der Waals surface area contributed by atoms with Gasteiger partial charge in [-0.05, 0) is 36.4 Å². The molecule has 0 spiro atoms. The van der Waals surface area contributed by atoms with Crippen LogP contribution >= 0.6 is 0 Å². The Bertz CT molecular complexity index is 899. The van der Waals surface area contributed by atoms with E-state index in [0.717, 1.165) is 5.56 Å². The molecule has 3 aromatic rings. The van der Waals surface area contributed by atoms with E-state index in [2.05, 4.69) is 20.7 Å². The van der Waals surface area contributed by atoms with E-state index in [1.165, 1.54) is 12.5 Å². The number of hydrazone groups is 1. The first-order valence-corrected chi connectivity index (χ1v) is 7.12. The van der Waals surface area contributed by atoms with Crippen molar-refractivity contribution in [1.82, 2.24) is 15.6 Å². The maximum Gasteiger partial charge on any atom is 0.289 e. The number of furan rings is 1. The Morgan fingerprint density at radius 2 is 2.17 bits per heavy atom. The van der Waals surface area contributed by atoms with Crippen LogP contribution in [0.25, 0.3) is 11.3 Å². The summed E-state index contributed by atoms with van der Waals surface area (Å²) in [7, 11) is 0. The van der Waals surface area contributed by atoms with E-state index in [9.17, 15) is 4.79 Å². The average molecular weight is 324 g/mol. The fraction of sp³-hybridized carbons (Fsp3) is 0.0625. The lowest BCUT2D eigenvalue weighted by atomic mass is 10.1. The van der Waals surface area contributed by atoms with Gasteiger partial charge in [-0.1, -0.05) is 0 Å². The van der Waals surface area contributed by atoms with Crippen LogP contribution in [0.15, 0.2) is 52.2 Å². The Kier molecular flexibility index (Phi) is 3.47. The van der Waals surface area contributed by atoms with Crippen LogP contribution in [-0.4, -0.2) is 29.1 Å². The minimum absolute atomic E-state index is 0.209. The van der Waals surface area contributed by atoms with Crippen LogP contribution in [0.3, 0.4) is 0 Å². The highest BCUT2D eigenvalue weighted by molar-refractivity contribution is 5.94. The van der Waals surface area contributed by atoms with Crippen LogP contribution in [0.4, 0.5) is 0 Å². The minimum Gasteiger partial charge on any atom is -0.463 e. The molecule has 2 aromatic heterocycles. The molecule has 0 radical (unpaired) electrons. The molecule has 1 aromatic carbocycles. The number of nitrogens with zero attached hydrogens (tertiary/aromatic N) is 2. The topological polar surface area (TPSA) is 102 Å². The number of aromatic nitrogens is 2. The van der Waals surface area contributed by atoms with Crippen LogP contribution in [0.2, 0.25) is 0 Å². The minimum atomic E-state index is -0.405. The number of carbonyl (C=O) groups is 1. The highest BCUT2D eigenvalue weighted by atomic mass is 16.7. The molecule has 120 valence electrons. The van der Waals surface area contributed by atoms with Gasteiger partial charge < -0.3 is 13.9 Å². The molecular formula is C16H12N4O4. The maximum atomic E-state index is 12.0. The normalized spacial score (nSPS) is 12.7. The summed E-state index contributed by atoms with van der Waals surface area (Å²) in [4.78, 5) is 12.0. The number of carbonyl (C=O) groups excluding carboxylic acids is 1. The Morgan fingerprint density at radius 1 is 1.25 bits per heavy atom. The molecule has 4 rings (SSSR count). The maximum absolute atomic E-state index is 12.0. The summed E-state index contributed by atoms with van der Waals surface area (Å²) in [6.07, 6.45) is 2.93. The molecule has 2 N–H and O–H groups in total. The van der Waals surface area contributed by atoms with Gasteiger partial charge in [-0.3, -0.25) is 9.89 Å². The predicted molar refractivity (Wildman–Crippen MR) is 83.9 cm³/mol. The van der Waals surface area contributed by atoms with Gasteiger partial charge in [0.05, 0.1) is 18.2 Å². The van der Waals surface area contributed by atoms with Crippen LogP contribution < -0.4 is 14.9 Å². The molecule has 0 saturated carbocycles. The van der Waals surface area contributed by atoms with E-state index in [0.29, 0.717) is 28.6 Å². The quantitative estimate of drug-likeness (QED) is 0.565. The Labute approximate surface area is 136 Å². The largest absolute Gasteiger partial charge is 0.463 e. The van der Waals surface area contributed by atoms with Gasteiger partial charge in [0.25, 0.3) is 5.91 Å². The monoisotopic (exact) mass is 324 g/mol. The summed E-state index contributed by atoms with van der Waals surface area (Å²) in [6.45, 7) is 0.209. The first-order valence-electron chi connectivity index (χ1n) is 7.12. The number of aromatic amines is 1. The van der Waals surface area contributed by atoms with Crippen molar-refractivity contribution < 1.29 is 18.7 Å². The summed E-state index contributed by atoms with van der Waals surface area (Å²) in [5, 5.41) is 10.6. The number of H-pyrrole nitrogens is 1. The molecule has 0 fully saturated rings. The molecular weight excluding hydrogens is 312 g/mol. The molecule has 24 heavy (non-hydrogen) atoms. The standard InChI is InChI=1S/C16H12N4O4/c21-16(20-17-8-11-2-1-5-22-11)13-7-12(18-19-13)10-3-4-14-15(6-10)24-9-23-14/h1-8H,9H2,(H,18,19)(H,20,21). The van der Waals surface area contributed by atoms with Gasteiger partial charge in [0, 0.05) is 5.56 Å². The Balaban J connectivity index is 1.47. The van der Waals surface area contributed by atoms with Gasteiger partial charge in [-0.15, -0.1) is 0 Å². The summed E-state index contributed by atoms with van der Waals surface area (Å²) in [5.74, 6) is 1.49. The number of ether oxygens (including phenoxy) is 2. The second-order valence-electron chi connectivity index (χ2n) is 4.95. The van der Waals surface area contributed by atoms with E-state index >= 15 is 0 Å². The predicted octanol–water partition coefficient (Wildman–Crippen LogP) is 2.16. The summed E-state index contributed by atoms with van der Waals surface area (Å²) < 4.78 is 15.7. The molecule has 1 amide bonds. The highest BCUT2D eigenvalue weighted by Crippen LogP contribution is 2.35. The van der Waals surface area contributed by atoms with Gasteiger partial charge in [-0.25, -0.2) is 5.43 Å². The van der Waals surface area contributed by atoms with Gasteiger partial charge in [0.15, 0.2) is 11.5 Å². The number of nitrogens with one attached hydrogen (secondary N) is 2. The van der Waals surface area contributed by atoms with E-state index in [1.807, 2.05) is 12.1 Å². The molecule has 8 heteroatoms. The van der Waals surface area contributed by atoms with Crippen molar-refractivity contribution in [3.05, 3.63) is 54.1 Å². The third kappa shape index (κ3) is 2.72. The van der Waals surface area contributed by atoms with E-state index in [-0.39, 0.29) is 6.79 Å². The lowest BCUT2D eigenvalue weighted by molar-refractivity contribution is 0.0950. The van der Waals surface area contributed by atoms with Crippen LogP contribution in [-0.2, 0) is 0 Å². The van der Waals surface area contributed by atoms with Gasteiger partial charge >= 0.3 is 0 Å². The molecule has 3 heterocycles. The molecule has 1 aliphatic heterocycles. The van der Waals surface area contributed by atoms with E-state index in [1.54, 1.807) is 24.3 Å². The number of amides is 1. The molecule has 0 bridgehead atoms. The van der Waals surface area contributed by atoms with Gasteiger partial charge in [0.1, 0.15) is 11.5 Å². The lowest BCUT2D eigenvalue weighted by Gasteiger charge is -1.98. The van der Waals surface area contributed by atoms with Crippen molar-refractivity contribution in [2.75, 3.05) is 6.79 Å². The fourth-order valence-electron chi connectivity index (χ4n) is 2.22. The Hall–Kier alpha value is -3.55. The smallest absolute Gasteiger partial charge is 0.289 e. The van der Waals surface area contributed by atoms with Crippen molar-refractivity contribution in [3.63, 3.8) is 0 Å². The second-order valence-corrected chi connectivity index (χ2v) is 4.95. The first kappa shape index (κ1) is 14.1. The third-order valence-electron chi connectivity index (χ3n) is 3.39. The van der Waals surface area contributed by atoms with Crippen molar-refractivity contribution in [1.29, 1.82) is 0 Å². The zero-order valence-electron chi connectivity index (χ0n) is 12.4. The molecule has 0 saturated heterocycles. The van der Waals surface area contributed by atoms with Crippen LogP contribution in [0, 0.1) is 0 Å². The fourth-order valence-corrected chi connectivity index (χ4v) is 2.22. The zero-order valence-corrected chi connectivity index (χ0v) is 12.4. The number of rotatable bonds is 4. The Morgan fingerprint density at radius 3 is 3.04 bits per heavy atom. The van der Waals surface area contributed by atoms with Crippen molar-refractivity contribution >= 4 is 12.1 Å². The van der Waals surface area contributed by atoms with Crippen molar-refractivity contribution in [2.45, 2.75) is 0 Å². The van der Waals surface area contributed by atoms with E-state index in [4.69, 9.17) is 13.9 Å². The van der Waals surface area contributed by atoms with Gasteiger partial charge in [-0.2, -0.15) is 10.2 Å². The van der Waals surface area contributed by atoms with Gasteiger partial charge in [0.2, 0.25) is 6.79 Å². The zero-order chi connectivity index (χ0) is 16.4. The highest BCUT2D eigenvalue weighted by Gasteiger charge is 2.16. The molecule has 0 unspecified atom stereocenters. The number of hydrogen-bond acceptors (Lipinski definition) is 6. The number of hydrogen-bond donors (Lipinski definition) is 2. The SMILES string of the molecule is O=C(NN=Cc1ccco1)c1cc(-c2ccc3c(c2)OCO3)n[nH]1. The van der Waals surface area contributed by atoms with Crippen LogP contribution in [0.1, 0.15) is 16.2 Å². The molecule has 8 nitrogen and oxygen atoms in total. The number of benzene rings is 1. The average Bonchev–Trinajstić information content (AvgIpc) is 3.34. The molecule has 0 aliphatic carbocycles. The molecule has 1 aliphatic rings. The summed E-state index contributed by atoms with van der Waals surface area (Å²) >= 11 is 0. The lowest BCUT2D eigenvalue weighted by Crippen LogP contribution is -2.17.